The van der Waals surface area contributed by atoms with Gasteiger partial charge in [-0.1, -0.05) is 49.9 Å². The Balaban J connectivity index is 1.21. The molecule has 2 aromatic heterocycles. The summed E-state index contributed by atoms with van der Waals surface area (Å²) in [6.45, 7) is 0.248. The van der Waals surface area contributed by atoms with E-state index in [0.29, 0.717) is 5.56 Å². The average molecular weight is 915 g/mol. The number of anilines is 1. The highest BCUT2D eigenvalue weighted by Crippen LogP contribution is 2.61. The summed E-state index contributed by atoms with van der Waals surface area (Å²) in [6.07, 6.45) is -7.08. The Bertz CT molecular complexity index is 2110. The zero-order chi connectivity index (χ0) is 43.9. The molecule has 4 rings (SSSR count). The molecule has 3 heterocycles. The van der Waals surface area contributed by atoms with Gasteiger partial charge in [-0.25, -0.2) is 28.6 Å². The Hall–Kier alpha value is -3.24. The molecule has 3 aromatic rings. The fourth-order valence-corrected chi connectivity index (χ4v) is 8.67. The number of nitrogens with one attached hydrogen (secondary N) is 2. The number of rotatable bonds is 21. The van der Waals surface area contributed by atoms with E-state index in [0.717, 1.165) is 29.0 Å². The Kier molecular flexibility index (Phi) is 16.5. The normalized spacial score (nSPS) is 21.1. The summed E-state index contributed by atoms with van der Waals surface area (Å²) < 4.78 is 62.1. The topological polar surface area (TPSA) is 404 Å². The van der Waals surface area contributed by atoms with Crippen molar-refractivity contribution in [3.05, 3.63) is 42.5 Å². The highest BCUT2D eigenvalue weighted by Gasteiger charge is 2.50. The first-order valence-corrected chi connectivity index (χ1v) is 22.4. The third-order valence-corrected chi connectivity index (χ3v) is 12.2. The molecular formula is C28H41BN7O19P3S. The molecule has 0 radical (unpaired) electrons. The van der Waals surface area contributed by atoms with Crippen molar-refractivity contribution in [3.8, 4) is 0 Å². The van der Waals surface area contributed by atoms with Gasteiger partial charge in [-0.05, 0) is 5.46 Å². The Morgan fingerprint density at radius 3 is 2.32 bits per heavy atom. The van der Waals surface area contributed by atoms with Crippen LogP contribution in [0.2, 0.25) is 0 Å². The number of aromatic nitrogens is 4. The largest absolute Gasteiger partial charge is 0.488 e. The van der Waals surface area contributed by atoms with Crippen LogP contribution in [0.25, 0.3) is 11.2 Å². The fourth-order valence-electron chi connectivity index (χ4n) is 5.15. The maximum atomic E-state index is 12.7. The highest BCUT2D eigenvalue weighted by molar-refractivity contribution is 8.14. The Labute approximate surface area is 338 Å². The third kappa shape index (κ3) is 13.9. The molecule has 26 nitrogen and oxygen atoms in total. The van der Waals surface area contributed by atoms with Crippen LogP contribution in [0.4, 0.5) is 5.82 Å². The molecule has 1 aromatic carbocycles. The van der Waals surface area contributed by atoms with Crippen LogP contribution in [0.3, 0.4) is 0 Å². The van der Waals surface area contributed by atoms with Crippen LogP contribution in [-0.4, -0.2) is 140 Å². The number of phosphoric ester groups is 3. The van der Waals surface area contributed by atoms with Gasteiger partial charge in [0.25, 0.3) is 0 Å². The number of amides is 2. The minimum absolute atomic E-state index is 0.0204. The number of ether oxygens (including phenoxy) is 1. The summed E-state index contributed by atoms with van der Waals surface area (Å²) in [5, 5.41) is 44.3. The lowest BCUT2D eigenvalue weighted by atomic mass is 9.80. The lowest BCUT2D eigenvalue weighted by Crippen LogP contribution is -2.46. The van der Waals surface area contributed by atoms with Crippen molar-refractivity contribution in [2.75, 3.05) is 37.8 Å². The zero-order valence-electron chi connectivity index (χ0n) is 30.9. The summed E-state index contributed by atoms with van der Waals surface area (Å²) >= 11 is 0.913. The molecule has 326 valence electrons. The molecule has 2 amide bonds. The number of carbonyl (C=O) groups excluding carboxylic acids is 3. The van der Waals surface area contributed by atoms with Gasteiger partial charge in [0.05, 0.1) is 19.5 Å². The molecule has 59 heavy (non-hydrogen) atoms. The van der Waals surface area contributed by atoms with E-state index in [9.17, 15) is 57.9 Å². The summed E-state index contributed by atoms with van der Waals surface area (Å²) in [4.78, 5) is 88.0. The second kappa shape index (κ2) is 20.1. The van der Waals surface area contributed by atoms with Gasteiger partial charge in [0, 0.05) is 36.2 Å². The van der Waals surface area contributed by atoms with Gasteiger partial charge in [-0.3, -0.25) is 32.5 Å². The van der Waals surface area contributed by atoms with Gasteiger partial charge in [0.2, 0.25) is 16.9 Å². The van der Waals surface area contributed by atoms with Gasteiger partial charge < -0.3 is 60.9 Å². The molecule has 7 atom stereocenters. The predicted molar refractivity (Wildman–Crippen MR) is 203 cm³/mol. The highest BCUT2D eigenvalue weighted by atomic mass is 32.2. The van der Waals surface area contributed by atoms with Crippen molar-refractivity contribution >= 4 is 81.7 Å². The molecule has 0 aliphatic carbocycles. The standard InChI is InChI=1S/C28H41BN7O19P3S/c1-28(2,22(39)25(40)32-8-7-18(37)31-9-10-59-27(41)15-3-5-16(6-4-15)29(42)43)12-52-58(49,50)55-57(47,48)51-11-17-21(54-56(44,45)46)20(38)26(53-17)36-14-35-19-23(30)33-13-34-24(19)36/h3-6,13-14,17,20-22,26,38-39,42-43H,7-12H2,1-2H3,(H,31,37)(H,32,40)(H,47,48)(H,49,50)(H2,30,33,34)(H2,44,45,46). The van der Waals surface area contributed by atoms with Crippen molar-refractivity contribution in [2.24, 2.45) is 5.41 Å². The number of fused-ring (bicyclic) bond motifs is 1. The first-order chi connectivity index (χ1) is 27.4. The van der Waals surface area contributed by atoms with Gasteiger partial charge in [0.15, 0.2) is 17.7 Å². The van der Waals surface area contributed by atoms with Crippen LogP contribution in [-0.2, 0) is 45.9 Å². The van der Waals surface area contributed by atoms with E-state index >= 15 is 0 Å². The second-order valence-electron chi connectivity index (χ2n) is 13.2. The van der Waals surface area contributed by atoms with Crippen LogP contribution < -0.4 is 21.8 Å². The maximum absolute atomic E-state index is 12.7. The number of nitrogen functional groups attached to an aromatic ring is 1. The van der Waals surface area contributed by atoms with Crippen molar-refractivity contribution in [3.63, 3.8) is 0 Å². The quantitative estimate of drug-likeness (QED) is 0.0303. The maximum Gasteiger partial charge on any atom is 0.488 e. The van der Waals surface area contributed by atoms with Crippen LogP contribution in [0, 0.1) is 5.41 Å². The van der Waals surface area contributed by atoms with Crippen molar-refractivity contribution in [2.45, 2.75) is 50.9 Å². The molecule has 12 N–H and O–H groups in total. The number of nitrogens with zero attached hydrogens (tertiary/aromatic N) is 4. The third-order valence-electron chi connectivity index (χ3n) is 8.18. The summed E-state index contributed by atoms with van der Waals surface area (Å²) in [7, 11) is -18.1. The Morgan fingerprint density at radius 2 is 1.68 bits per heavy atom. The number of aliphatic hydroxyl groups excluding tert-OH is 2. The first-order valence-electron chi connectivity index (χ1n) is 16.9. The summed E-state index contributed by atoms with van der Waals surface area (Å²) in [6, 6.07) is 5.63. The molecule has 1 saturated heterocycles. The van der Waals surface area contributed by atoms with E-state index < -0.39 is 91.7 Å². The van der Waals surface area contributed by atoms with Crippen LogP contribution in [0.15, 0.2) is 36.9 Å². The molecular weight excluding hydrogens is 874 g/mol. The van der Waals surface area contributed by atoms with Crippen molar-refractivity contribution < 1.29 is 90.5 Å². The van der Waals surface area contributed by atoms with E-state index in [1.807, 2.05) is 0 Å². The van der Waals surface area contributed by atoms with E-state index in [-0.39, 0.29) is 52.8 Å². The number of hydrogen-bond donors (Lipinski definition) is 11. The van der Waals surface area contributed by atoms with E-state index in [4.69, 9.17) is 29.6 Å². The number of imidazole rings is 1. The zero-order valence-corrected chi connectivity index (χ0v) is 34.4. The van der Waals surface area contributed by atoms with Crippen LogP contribution in [0.5, 0.6) is 0 Å². The monoisotopic (exact) mass is 915 g/mol. The minimum Gasteiger partial charge on any atom is -0.423 e. The lowest BCUT2D eigenvalue weighted by Gasteiger charge is -2.30. The van der Waals surface area contributed by atoms with Crippen molar-refractivity contribution in [1.29, 1.82) is 0 Å². The van der Waals surface area contributed by atoms with Gasteiger partial charge in [-0.2, -0.15) is 4.31 Å². The molecule has 1 aliphatic rings. The molecule has 31 heteroatoms. The van der Waals surface area contributed by atoms with Gasteiger partial charge in [-0.15, -0.1) is 0 Å². The summed E-state index contributed by atoms with van der Waals surface area (Å²) in [5.74, 6) is -1.36. The molecule has 0 spiro atoms. The number of thioether (sulfide) groups is 1. The first kappa shape index (κ1) is 48.4. The molecule has 0 saturated carbocycles. The number of aliphatic hydroxyl groups is 2. The Morgan fingerprint density at radius 1 is 1.02 bits per heavy atom. The van der Waals surface area contributed by atoms with Crippen molar-refractivity contribution in [1.82, 2.24) is 30.2 Å². The van der Waals surface area contributed by atoms with E-state index in [1.165, 1.54) is 38.1 Å². The fraction of sp³-hybridized carbons (Fsp3) is 0.500. The van der Waals surface area contributed by atoms with E-state index in [2.05, 4.69) is 34.4 Å². The molecule has 1 aliphatic heterocycles. The number of benzene rings is 1. The molecule has 7 unspecified atom stereocenters. The minimum atomic E-state index is -5.59. The molecule has 1 fully saturated rings. The number of hydrogen-bond acceptors (Lipinski definition) is 20. The lowest BCUT2D eigenvalue weighted by molar-refractivity contribution is -0.137. The predicted octanol–water partition coefficient (Wildman–Crippen LogP) is -2.34. The van der Waals surface area contributed by atoms with Crippen LogP contribution in [0.1, 0.15) is 36.9 Å². The second-order valence-corrected chi connectivity index (χ2v) is 18.5. The molecule has 0 bridgehead atoms. The van der Waals surface area contributed by atoms with Gasteiger partial charge >= 0.3 is 30.6 Å². The SMILES string of the molecule is CC(C)(COP(=O)(O)OP(=O)(O)OCC1OC(n2cnc3c(N)ncnc32)C(O)C1OP(=O)(O)O)C(O)C(=O)NCCC(=O)NCCSC(=O)c1ccc(B(O)O)cc1. The number of nitrogens with two attached hydrogens (primary N) is 1. The number of carbonyl (C=O) groups is 3. The van der Waals surface area contributed by atoms with Crippen LogP contribution >= 0.6 is 35.2 Å². The van der Waals surface area contributed by atoms with E-state index in [1.54, 1.807) is 0 Å². The average Bonchev–Trinajstić information content (AvgIpc) is 3.71. The smallest absolute Gasteiger partial charge is 0.423 e. The van der Waals surface area contributed by atoms with Gasteiger partial charge in [0.1, 0.15) is 36.3 Å². The summed E-state index contributed by atoms with van der Waals surface area (Å²) in [5.41, 5.74) is 4.74. The number of phosphoric acid groups is 3.